The van der Waals surface area contributed by atoms with Crippen molar-refractivity contribution in [2.75, 3.05) is 6.73 Å². The Balaban J connectivity index is 1.66. The Labute approximate surface area is 142 Å². The van der Waals surface area contributed by atoms with Gasteiger partial charge in [0.25, 0.3) is 0 Å². The maximum absolute atomic E-state index is 12.9. The Bertz CT molecular complexity index is 910. The van der Waals surface area contributed by atoms with Gasteiger partial charge in [0.1, 0.15) is 17.9 Å². The summed E-state index contributed by atoms with van der Waals surface area (Å²) in [5.41, 5.74) is 1.38. The molecule has 0 radical (unpaired) electrons. The third kappa shape index (κ3) is 3.17. The summed E-state index contributed by atoms with van der Waals surface area (Å²) in [5.74, 6) is 0.452. The largest absolute Gasteiger partial charge is 0.475 e. The molecule has 0 N–H and O–H groups in total. The van der Waals surface area contributed by atoms with Crippen LogP contribution in [0.25, 0.3) is 10.9 Å². The number of hydrogen-bond donors (Lipinski definition) is 0. The molecule has 3 nitrogen and oxygen atoms in total. The zero-order valence-electron chi connectivity index (χ0n) is 13.3. The fraction of sp³-hybridized carbons (Fsp3) is 0.211. The normalized spacial score (nSPS) is 15.0. The van der Waals surface area contributed by atoms with E-state index in [4.69, 9.17) is 4.74 Å². The molecular formula is C19H15F3N2O. The molecule has 0 fully saturated rings. The number of benzene rings is 2. The Morgan fingerprint density at radius 3 is 2.52 bits per heavy atom. The van der Waals surface area contributed by atoms with E-state index in [1.165, 1.54) is 6.07 Å². The van der Waals surface area contributed by atoms with Crippen molar-refractivity contribution in [1.82, 2.24) is 9.88 Å². The Hall–Kier alpha value is -2.60. The molecule has 0 unspecified atom stereocenters. The van der Waals surface area contributed by atoms with E-state index in [0.717, 1.165) is 17.2 Å². The first-order valence-corrected chi connectivity index (χ1v) is 7.89. The van der Waals surface area contributed by atoms with Crippen molar-refractivity contribution in [3.05, 3.63) is 71.4 Å². The van der Waals surface area contributed by atoms with Gasteiger partial charge in [-0.1, -0.05) is 48.5 Å². The minimum Gasteiger partial charge on any atom is -0.475 e. The molecule has 25 heavy (non-hydrogen) atoms. The van der Waals surface area contributed by atoms with E-state index in [1.807, 2.05) is 36.4 Å². The van der Waals surface area contributed by atoms with E-state index < -0.39 is 11.9 Å². The van der Waals surface area contributed by atoms with Gasteiger partial charge in [0.05, 0.1) is 0 Å². The molecule has 0 saturated carbocycles. The topological polar surface area (TPSA) is 25.4 Å². The first-order valence-electron chi connectivity index (χ1n) is 7.89. The number of ether oxygens (including phenoxy) is 1. The minimum atomic E-state index is -4.47. The lowest BCUT2D eigenvalue weighted by Crippen LogP contribution is -2.31. The van der Waals surface area contributed by atoms with E-state index in [1.54, 1.807) is 6.07 Å². The van der Waals surface area contributed by atoms with Gasteiger partial charge in [-0.3, -0.25) is 4.90 Å². The second-order valence-corrected chi connectivity index (χ2v) is 6.07. The molecule has 0 bridgehead atoms. The predicted octanol–water partition coefficient (Wildman–Crippen LogP) is 4.61. The quantitative estimate of drug-likeness (QED) is 0.679. The molecule has 1 aliphatic rings. The van der Waals surface area contributed by atoms with Gasteiger partial charge in [-0.05, 0) is 11.6 Å². The number of aromatic nitrogens is 1. The summed E-state index contributed by atoms with van der Waals surface area (Å²) in [6.07, 6.45) is -4.47. The van der Waals surface area contributed by atoms with Crippen LogP contribution in [0.15, 0.2) is 54.6 Å². The van der Waals surface area contributed by atoms with Crippen LogP contribution < -0.4 is 4.74 Å². The fourth-order valence-corrected chi connectivity index (χ4v) is 3.03. The van der Waals surface area contributed by atoms with Crippen LogP contribution in [0.4, 0.5) is 13.2 Å². The molecule has 1 aliphatic heterocycles. The summed E-state index contributed by atoms with van der Waals surface area (Å²) < 4.78 is 44.6. The molecule has 2 heterocycles. The average molecular weight is 344 g/mol. The van der Waals surface area contributed by atoms with Crippen LogP contribution in [0.5, 0.6) is 5.75 Å². The van der Waals surface area contributed by atoms with Crippen molar-refractivity contribution in [1.29, 1.82) is 0 Å². The smallest absolute Gasteiger partial charge is 0.433 e. The molecule has 4 rings (SSSR count). The monoisotopic (exact) mass is 344 g/mol. The summed E-state index contributed by atoms with van der Waals surface area (Å²) in [7, 11) is 0. The number of pyridine rings is 1. The van der Waals surface area contributed by atoms with Gasteiger partial charge in [-0.25, -0.2) is 4.98 Å². The summed E-state index contributed by atoms with van der Waals surface area (Å²) in [6, 6.07) is 16.1. The Morgan fingerprint density at radius 1 is 1.00 bits per heavy atom. The molecule has 0 aliphatic carbocycles. The van der Waals surface area contributed by atoms with Crippen LogP contribution in [0.2, 0.25) is 0 Å². The number of fused-ring (bicyclic) bond motifs is 3. The van der Waals surface area contributed by atoms with Gasteiger partial charge < -0.3 is 4.74 Å². The summed E-state index contributed by atoms with van der Waals surface area (Å²) in [5, 5.41) is 0.642. The Kier molecular flexibility index (Phi) is 3.84. The molecule has 3 aromatic rings. The lowest BCUT2D eigenvalue weighted by atomic mass is 10.1. The van der Waals surface area contributed by atoms with Crippen molar-refractivity contribution < 1.29 is 17.9 Å². The van der Waals surface area contributed by atoms with Crippen molar-refractivity contribution in [3.8, 4) is 5.75 Å². The third-order valence-corrected chi connectivity index (χ3v) is 4.22. The van der Waals surface area contributed by atoms with Crippen LogP contribution in [-0.4, -0.2) is 16.6 Å². The summed E-state index contributed by atoms with van der Waals surface area (Å²) >= 11 is 0. The second-order valence-electron chi connectivity index (χ2n) is 6.07. The molecule has 6 heteroatoms. The van der Waals surface area contributed by atoms with Crippen molar-refractivity contribution in [3.63, 3.8) is 0 Å². The van der Waals surface area contributed by atoms with Gasteiger partial charge in [0, 0.05) is 24.0 Å². The lowest BCUT2D eigenvalue weighted by Gasteiger charge is -2.29. The molecule has 0 spiro atoms. The van der Waals surface area contributed by atoms with E-state index in [2.05, 4.69) is 9.88 Å². The second kappa shape index (κ2) is 6.04. The summed E-state index contributed by atoms with van der Waals surface area (Å²) in [6.45, 7) is 1.64. The van der Waals surface area contributed by atoms with Gasteiger partial charge in [-0.2, -0.15) is 13.2 Å². The SMILES string of the molecule is FC(F)(F)c1ccc2ccc3c(c2n1)OCN(Cc1ccccc1)C3. The molecule has 0 amide bonds. The maximum atomic E-state index is 12.9. The van der Waals surface area contributed by atoms with E-state index in [0.29, 0.717) is 31.0 Å². The van der Waals surface area contributed by atoms with Crippen molar-refractivity contribution in [2.24, 2.45) is 0 Å². The first kappa shape index (κ1) is 15.9. The molecule has 128 valence electrons. The lowest BCUT2D eigenvalue weighted by molar-refractivity contribution is -0.140. The van der Waals surface area contributed by atoms with Gasteiger partial charge in [-0.15, -0.1) is 0 Å². The maximum Gasteiger partial charge on any atom is 0.433 e. The third-order valence-electron chi connectivity index (χ3n) is 4.22. The number of nitrogens with zero attached hydrogens (tertiary/aromatic N) is 2. The first-order chi connectivity index (χ1) is 12.0. The van der Waals surface area contributed by atoms with Gasteiger partial charge in [0.15, 0.2) is 5.75 Å². The van der Waals surface area contributed by atoms with Crippen LogP contribution >= 0.6 is 0 Å². The number of alkyl halides is 3. The zero-order valence-corrected chi connectivity index (χ0v) is 13.3. The van der Waals surface area contributed by atoms with E-state index in [9.17, 15) is 13.2 Å². The van der Waals surface area contributed by atoms with Crippen molar-refractivity contribution in [2.45, 2.75) is 19.3 Å². The van der Waals surface area contributed by atoms with E-state index >= 15 is 0 Å². The van der Waals surface area contributed by atoms with Crippen LogP contribution in [0.3, 0.4) is 0 Å². The van der Waals surface area contributed by atoms with Gasteiger partial charge >= 0.3 is 6.18 Å². The van der Waals surface area contributed by atoms with Crippen LogP contribution in [0.1, 0.15) is 16.8 Å². The number of halogens is 3. The molecule has 0 saturated heterocycles. The highest BCUT2D eigenvalue weighted by molar-refractivity contribution is 5.86. The minimum absolute atomic E-state index is 0.270. The average Bonchev–Trinajstić information content (AvgIpc) is 2.61. The molecule has 0 atom stereocenters. The van der Waals surface area contributed by atoms with Crippen LogP contribution in [0, 0.1) is 0 Å². The van der Waals surface area contributed by atoms with Crippen LogP contribution in [-0.2, 0) is 19.3 Å². The fourth-order valence-electron chi connectivity index (χ4n) is 3.03. The highest BCUT2D eigenvalue weighted by Gasteiger charge is 2.33. The number of rotatable bonds is 2. The Morgan fingerprint density at radius 2 is 1.76 bits per heavy atom. The predicted molar refractivity (Wildman–Crippen MR) is 87.9 cm³/mol. The molecule has 1 aromatic heterocycles. The molecule has 2 aromatic carbocycles. The molecular weight excluding hydrogens is 329 g/mol. The zero-order chi connectivity index (χ0) is 17.4. The number of hydrogen-bond acceptors (Lipinski definition) is 3. The van der Waals surface area contributed by atoms with E-state index in [-0.39, 0.29) is 5.52 Å². The standard InChI is InChI=1S/C19H15F3N2O/c20-19(21,22)16-9-8-14-6-7-15-11-24(10-13-4-2-1-3-5-13)12-25-18(15)17(14)23-16/h1-9H,10-12H2. The van der Waals surface area contributed by atoms with Gasteiger partial charge in [0.2, 0.25) is 0 Å². The van der Waals surface area contributed by atoms with Crippen molar-refractivity contribution >= 4 is 10.9 Å². The highest BCUT2D eigenvalue weighted by atomic mass is 19.4. The summed E-state index contributed by atoms with van der Waals surface area (Å²) in [4.78, 5) is 5.89. The highest BCUT2D eigenvalue weighted by Crippen LogP contribution is 2.35.